The van der Waals surface area contributed by atoms with Gasteiger partial charge in [0, 0.05) is 38.6 Å². The number of carbonyl (C=O) groups excluding carboxylic acids is 1. The zero-order chi connectivity index (χ0) is 17.0. The molecule has 8 heteroatoms. The Bertz CT molecular complexity index is 406. The highest BCUT2D eigenvalue weighted by Gasteiger charge is 2.35. The van der Waals surface area contributed by atoms with Crippen LogP contribution in [0.1, 0.15) is 32.1 Å². The molecular formula is C15H26F3N3O2. The molecule has 0 spiro atoms. The number of nitrogens with zero attached hydrogens (tertiary/aromatic N) is 2. The summed E-state index contributed by atoms with van der Waals surface area (Å²) in [7, 11) is 1.67. The van der Waals surface area contributed by atoms with Crippen LogP contribution in [0.2, 0.25) is 0 Å². The van der Waals surface area contributed by atoms with Gasteiger partial charge in [0.15, 0.2) is 0 Å². The first kappa shape index (κ1) is 18.3. The largest absolute Gasteiger partial charge is 0.401 e. The molecule has 2 amide bonds. The van der Waals surface area contributed by atoms with Crippen molar-refractivity contribution < 1.29 is 23.1 Å². The Hall–Kier alpha value is -1.02. The van der Waals surface area contributed by atoms with E-state index in [0.717, 1.165) is 25.7 Å². The SMILES string of the molecule is CN(CC1CCCCC1O)C(=O)NC1CCN(CC(F)(F)F)C1. The van der Waals surface area contributed by atoms with Gasteiger partial charge in [-0.2, -0.15) is 13.2 Å². The molecule has 134 valence electrons. The second kappa shape index (κ2) is 7.70. The second-order valence-corrected chi connectivity index (χ2v) is 6.78. The van der Waals surface area contributed by atoms with Crippen LogP contribution >= 0.6 is 0 Å². The van der Waals surface area contributed by atoms with Gasteiger partial charge in [-0.15, -0.1) is 0 Å². The maximum atomic E-state index is 12.4. The van der Waals surface area contributed by atoms with E-state index in [-0.39, 0.29) is 30.6 Å². The van der Waals surface area contributed by atoms with Crippen molar-refractivity contribution in [2.24, 2.45) is 5.92 Å². The first-order valence-electron chi connectivity index (χ1n) is 8.23. The van der Waals surface area contributed by atoms with Gasteiger partial charge in [0.1, 0.15) is 0 Å². The monoisotopic (exact) mass is 337 g/mol. The van der Waals surface area contributed by atoms with Crippen molar-refractivity contribution in [3.05, 3.63) is 0 Å². The molecule has 3 unspecified atom stereocenters. The number of likely N-dealkylation sites (tertiary alicyclic amines) is 1. The summed E-state index contributed by atoms with van der Waals surface area (Å²) >= 11 is 0. The summed E-state index contributed by atoms with van der Waals surface area (Å²) in [4.78, 5) is 15.0. The van der Waals surface area contributed by atoms with E-state index in [0.29, 0.717) is 19.5 Å². The maximum absolute atomic E-state index is 12.4. The zero-order valence-electron chi connectivity index (χ0n) is 13.5. The number of halogens is 3. The van der Waals surface area contributed by atoms with E-state index in [9.17, 15) is 23.1 Å². The van der Waals surface area contributed by atoms with Gasteiger partial charge in [-0.25, -0.2) is 4.79 Å². The van der Waals surface area contributed by atoms with E-state index >= 15 is 0 Å². The predicted octanol–water partition coefficient (Wildman–Crippen LogP) is 1.82. The van der Waals surface area contributed by atoms with E-state index in [2.05, 4.69) is 5.32 Å². The molecule has 1 aliphatic heterocycles. The van der Waals surface area contributed by atoms with Crippen LogP contribution < -0.4 is 5.32 Å². The summed E-state index contributed by atoms with van der Waals surface area (Å²) in [6, 6.07) is -0.523. The molecule has 23 heavy (non-hydrogen) atoms. The lowest BCUT2D eigenvalue weighted by atomic mass is 9.86. The Morgan fingerprint density at radius 3 is 2.65 bits per heavy atom. The second-order valence-electron chi connectivity index (χ2n) is 6.78. The summed E-state index contributed by atoms with van der Waals surface area (Å²) in [5, 5.41) is 12.8. The minimum Gasteiger partial charge on any atom is -0.393 e. The van der Waals surface area contributed by atoms with Crippen LogP contribution in [0.15, 0.2) is 0 Å². The molecule has 2 N–H and O–H groups in total. The van der Waals surface area contributed by atoms with E-state index in [1.165, 1.54) is 9.80 Å². The average Bonchev–Trinajstić information content (AvgIpc) is 2.86. The number of hydrogen-bond acceptors (Lipinski definition) is 3. The fourth-order valence-electron chi connectivity index (χ4n) is 3.47. The first-order chi connectivity index (χ1) is 10.7. The fraction of sp³-hybridized carbons (Fsp3) is 0.933. The van der Waals surface area contributed by atoms with Crippen molar-refractivity contribution in [3.8, 4) is 0 Å². The normalized spacial score (nSPS) is 29.5. The van der Waals surface area contributed by atoms with E-state index < -0.39 is 12.7 Å². The number of carbonyl (C=O) groups is 1. The van der Waals surface area contributed by atoms with E-state index in [1.54, 1.807) is 7.05 Å². The molecule has 0 aromatic heterocycles. The number of amides is 2. The van der Waals surface area contributed by atoms with Gasteiger partial charge >= 0.3 is 12.2 Å². The Morgan fingerprint density at radius 2 is 2.00 bits per heavy atom. The molecule has 2 rings (SSSR count). The molecule has 2 fully saturated rings. The van der Waals surface area contributed by atoms with Crippen molar-refractivity contribution >= 4 is 6.03 Å². The molecule has 0 aromatic carbocycles. The highest BCUT2D eigenvalue weighted by atomic mass is 19.4. The molecule has 0 bridgehead atoms. The average molecular weight is 337 g/mol. The van der Waals surface area contributed by atoms with Crippen LogP contribution in [0.5, 0.6) is 0 Å². The molecule has 1 heterocycles. The van der Waals surface area contributed by atoms with Gasteiger partial charge in [0.25, 0.3) is 0 Å². The standard InChI is InChI=1S/C15H26F3N3O2/c1-20(8-11-4-2-3-5-13(11)22)14(23)19-12-6-7-21(9-12)10-15(16,17)18/h11-13,22H,2-10H2,1H3,(H,19,23). The summed E-state index contributed by atoms with van der Waals surface area (Å²) < 4.78 is 37.1. The smallest absolute Gasteiger partial charge is 0.393 e. The van der Waals surface area contributed by atoms with Gasteiger partial charge in [0.2, 0.25) is 0 Å². The molecule has 1 saturated carbocycles. The van der Waals surface area contributed by atoms with Crippen molar-refractivity contribution in [2.45, 2.75) is 50.4 Å². The summed E-state index contributed by atoms with van der Waals surface area (Å²) in [5.41, 5.74) is 0. The van der Waals surface area contributed by atoms with Crippen molar-refractivity contribution in [1.29, 1.82) is 0 Å². The number of nitrogens with one attached hydrogen (secondary N) is 1. The summed E-state index contributed by atoms with van der Waals surface area (Å²) in [6.45, 7) is 0.121. The molecular weight excluding hydrogens is 311 g/mol. The van der Waals surface area contributed by atoms with Gasteiger partial charge in [-0.05, 0) is 19.3 Å². The Kier molecular flexibility index (Phi) is 6.13. The third kappa shape index (κ3) is 5.84. The number of hydrogen-bond donors (Lipinski definition) is 2. The van der Waals surface area contributed by atoms with Gasteiger partial charge in [-0.1, -0.05) is 12.8 Å². The third-order valence-corrected chi connectivity index (χ3v) is 4.73. The van der Waals surface area contributed by atoms with Crippen LogP contribution in [0.25, 0.3) is 0 Å². The molecule has 0 radical (unpaired) electrons. The molecule has 0 aromatic rings. The van der Waals surface area contributed by atoms with E-state index in [1.807, 2.05) is 0 Å². The third-order valence-electron chi connectivity index (χ3n) is 4.73. The lowest BCUT2D eigenvalue weighted by Crippen LogP contribution is -2.47. The molecule has 2 aliphatic rings. The van der Waals surface area contributed by atoms with Gasteiger partial charge in [-0.3, -0.25) is 4.90 Å². The van der Waals surface area contributed by atoms with Crippen LogP contribution in [-0.4, -0.2) is 72.5 Å². The summed E-state index contributed by atoms with van der Waals surface area (Å²) in [6.07, 6.45) is -0.282. The molecule has 1 aliphatic carbocycles. The maximum Gasteiger partial charge on any atom is 0.401 e. The van der Waals surface area contributed by atoms with Crippen LogP contribution in [0.4, 0.5) is 18.0 Å². The van der Waals surface area contributed by atoms with Crippen LogP contribution in [0, 0.1) is 5.92 Å². The zero-order valence-corrected chi connectivity index (χ0v) is 13.5. The highest BCUT2D eigenvalue weighted by Crippen LogP contribution is 2.25. The predicted molar refractivity (Wildman–Crippen MR) is 80.0 cm³/mol. The number of aliphatic hydroxyl groups excluding tert-OH is 1. The first-order valence-corrected chi connectivity index (χ1v) is 8.23. The number of alkyl halides is 3. The van der Waals surface area contributed by atoms with Crippen LogP contribution in [0.3, 0.4) is 0 Å². The van der Waals surface area contributed by atoms with Crippen molar-refractivity contribution in [2.75, 3.05) is 33.2 Å². The quantitative estimate of drug-likeness (QED) is 0.823. The molecule has 1 saturated heterocycles. The van der Waals surface area contributed by atoms with Crippen molar-refractivity contribution in [1.82, 2.24) is 15.1 Å². The minimum atomic E-state index is -4.20. The minimum absolute atomic E-state index is 0.0878. The van der Waals surface area contributed by atoms with E-state index in [4.69, 9.17) is 0 Å². The van der Waals surface area contributed by atoms with Crippen LogP contribution in [-0.2, 0) is 0 Å². The number of rotatable bonds is 4. The lowest BCUT2D eigenvalue weighted by molar-refractivity contribution is -0.143. The topological polar surface area (TPSA) is 55.8 Å². The van der Waals surface area contributed by atoms with Gasteiger partial charge < -0.3 is 15.3 Å². The molecule has 5 nitrogen and oxygen atoms in total. The number of urea groups is 1. The Morgan fingerprint density at radius 1 is 1.30 bits per heavy atom. The van der Waals surface area contributed by atoms with Gasteiger partial charge in [0.05, 0.1) is 12.6 Å². The summed E-state index contributed by atoms with van der Waals surface area (Å²) in [5.74, 6) is 0.0878. The Balaban J connectivity index is 1.73. The Labute approximate surface area is 134 Å². The lowest BCUT2D eigenvalue weighted by Gasteiger charge is -2.31. The molecule has 3 atom stereocenters. The highest BCUT2D eigenvalue weighted by molar-refractivity contribution is 5.74. The number of aliphatic hydroxyl groups is 1. The fourth-order valence-corrected chi connectivity index (χ4v) is 3.47. The van der Waals surface area contributed by atoms with Crippen molar-refractivity contribution in [3.63, 3.8) is 0 Å².